The highest BCUT2D eigenvalue weighted by atomic mass is 28.4. The van der Waals surface area contributed by atoms with Crippen molar-refractivity contribution in [2.75, 3.05) is 13.2 Å². The van der Waals surface area contributed by atoms with Crippen LogP contribution < -0.4 is 0 Å². The minimum atomic E-state index is -1.97. The summed E-state index contributed by atoms with van der Waals surface area (Å²) in [4.78, 5) is 0. The maximum Gasteiger partial charge on any atom is 0.338 e. The van der Waals surface area contributed by atoms with Gasteiger partial charge in [0.15, 0.2) is 0 Å². The maximum atomic E-state index is 6.33. The van der Waals surface area contributed by atoms with Crippen molar-refractivity contribution in [1.29, 1.82) is 0 Å². The lowest BCUT2D eigenvalue weighted by Crippen LogP contribution is -2.42. The Hall–Kier alpha value is 0.137. The van der Waals surface area contributed by atoms with E-state index in [0.29, 0.717) is 0 Å². The molecule has 0 fully saturated rings. The summed E-state index contributed by atoms with van der Waals surface area (Å²) in [7, 11) is -1.97. The summed E-state index contributed by atoms with van der Waals surface area (Å²) < 4.78 is 12.7. The summed E-state index contributed by atoms with van der Waals surface area (Å²) in [5.74, 6) is 0. The van der Waals surface area contributed by atoms with E-state index in [2.05, 4.69) is 27.7 Å². The third-order valence-electron chi connectivity index (χ3n) is 6.14. The average Bonchev–Trinajstić information content (AvgIpc) is 2.72. The van der Waals surface area contributed by atoms with Crippen LogP contribution in [0.5, 0.6) is 0 Å². The first-order chi connectivity index (χ1) is 14.2. The van der Waals surface area contributed by atoms with Crippen LogP contribution >= 0.6 is 0 Å². The van der Waals surface area contributed by atoms with Gasteiger partial charge in [0.1, 0.15) is 0 Å². The molecule has 3 heteroatoms. The summed E-state index contributed by atoms with van der Waals surface area (Å²) in [5, 5.41) is 0. The molecular weight excluding hydrogens is 372 g/mol. The van der Waals surface area contributed by atoms with Gasteiger partial charge in [-0.2, -0.15) is 0 Å². The minimum absolute atomic E-state index is 0.820. The zero-order chi connectivity index (χ0) is 21.5. The van der Waals surface area contributed by atoms with Crippen molar-refractivity contribution in [2.24, 2.45) is 0 Å². The van der Waals surface area contributed by atoms with Gasteiger partial charge in [0, 0.05) is 13.2 Å². The van der Waals surface area contributed by atoms with Crippen molar-refractivity contribution in [3.63, 3.8) is 0 Å². The van der Waals surface area contributed by atoms with Crippen molar-refractivity contribution in [2.45, 2.75) is 155 Å². The molecule has 0 aliphatic carbocycles. The second-order valence-corrected chi connectivity index (χ2v) is 12.3. The molecule has 0 aromatic carbocycles. The quantitative estimate of drug-likeness (QED) is 0.112. The molecule has 0 bridgehead atoms. The Morgan fingerprint density at radius 2 is 0.655 bits per heavy atom. The van der Waals surface area contributed by atoms with Gasteiger partial charge in [-0.25, -0.2) is 0 Å². The maximum absolute atomic E-state index is 6.33. The van der Waals surface area contributed by atoms with E-state index >= 15 is 0 Å². The highest BCUT2D eigenvalue weighted by molar-refractivity contribution is 6.67. The molecule has 176 valence electrons. The molecule has 0 N–H and O–H groups in total. The third kappa shape index (κ3) is 18.6. The Bertz CT molecular complexity index is 303. The molecule has 29 heavy (non-hydrogen) atoms. The van der Waals surface area contributed by atoms with Crippen molar-refractivity contribution in [3.05, 3.63) is 0 Å². The Balaban J connectivity index is 3.95. The molecule has 0 aliphatic rings. The van der Waals surface area contributed by atoms with Crippen LogP contribution in [0.2, 0.25) is 12.1 Å². The molecule has 0 spiro atoms. The Kier molecular flexibility index (Phi) is 22.9. The average molecular weight is 429 g/mol. The van der Waals surface area contributed by atoms with E-state index in [0.717, 1.165) is 13.2 Å². The van der Waals surface area contributed by atoms with Gasteiger partial charge in [-0.05, 0) is 25.9 Å². The topological polar surface area (TPSA) is 18.5 Å². The highest BCUT2D eigenvalue weighted by Gasteiger charge is 2.35. The molecule has 0 amide bonds. The van der Waals surface area contributed by atoms with Gasteiger partial charge < -0.3 is 8.85 Å². The fourth-order valence-electron chi connectivity index (χ4n) is 4.39. The minimum Gasteiger partial charge on any atom is -0.394 e. The van der Waals surface area contributed by atoms with Gasteiger partial charge in [-0.3, -0.25) is 0 Å². The summed E-state index contributed by atoms with van der Waals surface area (Å²) in [6.07, 6.45) is 25.1. The molecule has 0 unspecified atom stereocenters. The van der Waals surface area contributed by atoms with Crippen LogP contribution in [0.3, 0.4) is 0 Å². The third-order valence-corrected chi connectivity index (χ3v) is 10.00. The summed E-state index contributed by atoms with van der Waals surface area (Å²) in [5.41, 5.74) is 0. The van der Waals surface area contributed by atoms with Crippen LogP contribution in [0, 0.1) is 0 Å². The molecule has 0 radical (unpaired) electrons. The van der Waals surface area contributed by atoms with E-state index in [9.17, 15) is 0 Å². The van der Waals surface area contributed by atoms with Crippen LogP contribution in [0.15, 0.2) is 0 Å². The molecule has 0 aromatic heterocycles. The first kappa shape index (κ1) is 29.1. The van der Waals surface area contributed by atoms with Crippen molar-refractivity contribution in [1.82, 2.24) is 0 Å². The summed E-state index contributed by atoms with van der Waals surface area (Å²) in [6, 6.07) is 2.42. The van der Waals surface area contributed by atoms with Gasteiger partial charge >= 0.3 is 8.56 Å². The monoisotopic (exact) mass is 428 g/mol. The Morgan fingerprint density at radius 1 is 0.379 bits per heavy atom. The van der Waals surface area contributed by atoms with Gasteiger partial charge in [0.25, 0.3) is 0 Å². The zero-order valence-corrected chi connectivity index (χ0v) is 21.9. The predicted molar refractivity (Wildman–Crippen MR) is 133 cm³/mol. The number of hydrogen-bond donors (Lipinski definition) is 0. The highest BCUT2D eigenvalue weighted by Crippen LogP contribution is 2.26. The Labute approximate surface area is 186 Å². The lowest BCUT2D eigenvalue weighted by atomic mass is 10.1. The van der Waals surface area contributed by atoms with Crippen LogP contribution in [0.4, 0.5) is 0 Å². The van der Waals surface area contributed by atoms with E-state index in [4.69, 9.17) is 8.85 Å². The van der Waals surface area contributed by atoms with Crippen LogP contribution in [-0.4, -0.2) is 21.8 Å². The molecule has 0 atom stereocenters. The first-order valence-electron chi connectivity index (χ1n) is 13.5. The van der Waals surface area contributed by atoms with Crippen molar-refractivity contribution < 1.29 is 8.85 Å². The SMILES string of the molecule is CCCCCCCCCCCC[Si](CCCCCCCCCC)(OCC)OCC. The van der Waals surface area contributed by atoms with Crippen molar-refractivity contribution >= 4 is 8.56 Å². The molecule has 0 aliphatic heterocycles. The Morgan fingerprint density at radius 3 is 0.931 bits per heavy atom. The molecule has 0 aromatic rings. The fourth-order valence-corrected chi connectivity index (χ4v) is 7.93. The van der Waals surface area contributed by atoms with Crippen LogP contribution in [0.1, 0.15) is 143 Å². The molecule has 0 saturated heterocycles. The van der Waals surface area contributed by atoms with Gasteiger partial charge in [-0.1, -0.05) is 129 Å². The van der Waals surface area contributed by atoms with Crippen LogP contribution in [0.25, 0.3) is 0 Å². The van der Waals surface area contributed by atoms with Gasteiger partial charge in [0.05, 0.1) is 0 Å². The zero-order valence-electron chi connectivity index (χ0n) is 20.9. The van der Waals surface area contributed by atoms with E-state index in [-0.39, 0.29) is 0 Å². The predicted octanol–water partition coefficient (Wildman–Crippen LogP) is 9.56. The fraction of sp³-hybridized carbons (Fsp3) is 1.00. The second-order valence-electron chi connectivity index (χ2n) is 8.93. The van der Waals surface area contributed by atoms with Gasteiger partial charge in [-0.15, -0.1) is 0 Å². The smallest absolute Gasteiger partial charge is 0.338 e. The summed E-state index contributed by atoms with van der Waals surface area (Å²) >= 11 is 0. The van der Waals surface area contributed by atoms with E-state index in [1.807, 2.05) is 0 Å². The second kappa shape index (κ2) is 22.8. The lowest BCUT2D eigenvalue weighted by Gasteiger charge is -2.30. The largest absolute Gasteiger partial charge is 0.394 e. The van der Waals surface area contributed by atoms with E-state index in [1.165, 1.54) is 128 Å². The first-order valence-corrected chi connectivity index (χ1v) is 15.8. The number of unbranched alkanes of at least 4 members (excludes halogenated alkanes) is 16. The van der Waals surface area contributed by atoms with Crippen LogP contribution in [-0.2, 0) is 8.85 Å². The number of hydrogen-bond acceptors (Lipinski definition) is 2. The van der Waals surface area contributed by atoms with E-state index < -0.39 is 8.56 Å². The number of rotatable bonds is 24. The molecule has 0 heterocycles. The standard InChI is InChI=1S/C26H56O2Si/c1-5-9-11-13-15-17-18-20-22-24-26-29(27-7-3,28-8-4)25-23-21-19-16-14-12-10-6-2/h5-26H2,1-4H3. The normalized spacial score (nSPS) is 12.0. The molecular formula is C26H56O2Si. The molecule has 0 rings (SSSR count). The molecule has 0 saturated carbocycles. The van der Waals surface area contributed by atoms with E-state index in [1.54, 1.807) is 0 Å². The van der Waals surface area contributed by atoms with Gasteiger partial charge in [0.2, 0.25) is 0 Å². The lowest BCUT2D eigenvalue weighted by molar-refractivity contribution is 0.180. The summed E-state index contributed by atoms with van der Waals surface area (Å²) in [6.45, 7) is 10.5. The molecule has 2 nitrogen and oxygen atoms in total. The van der Waals surface area contributed by atoms with Crippen molar-refractivity contribution in [3.8, 4) is 0 Å².